The lowest BCUT2D eigenvalue weighted by Crippen LogP contribution is -2.55. The van der Waals surface area contributed by atoms with Gasteiger partial charge in [-0.2, -0.15) is 0 Å². The third kappa shape index (κ3) is 4.43. The summed E-state index contributed by atoms with van der Waals surface area (Å²) < 4.78 is 0. The van der Waals surface area contributed by atoms with Crippen molar-refractivity contribution >= 4 is 0 Å². The molecule has 124 valence electrons. The van der Waals surface area contributed by atoms with Gasteiger partial charge in [0.15, 0.2) is 0 Å². The Morgan fingerprint density at radius 3 is 2.14 bits per heavy atom. The molecule has 1 aliphatic heterocycles. The molecule has 1 aliphatic carbocycles. The molecule has 0 spiro atoms. The van der Waals surface area contributed by atoms with E-state index in [4.69, 9.17) is 0 Å². The van der Waals surface area contributed by atoms with Crippen LogP contribution in [0.15, 0.2) is 0 Å². The first-order valence-corrected chi connectivity index (χ1v) is 9.00. The largest absolute Gasteiger partial charge is 0.299 e. The van der Waals surface area contributed by atoms with Gasteiger partial charge in [-0.15, -0.1) is 0 Å². The van der Waals surface area contributed by atoms with Crippen LogP contribution in [0.4, 0.5) is 0 Å². The molecule has 0 aromatic carbocycles. The Kier molecular flexibility index (Phi) is 5.72. The SMILES string of the molecule is CC(C)N1CCN([C@@H]2CCC[C@@H](N(C)C(C)(C)C)C2)CC1. The Morgan fingerprint density at radius 1 is 1.00 bits per heavy atom. The Hall–Kier alpha value is -0.120. The molecule has 3 heteroatoms. The molecule has 0 aromatic heterocycles. The fourth-order valence-corrected chi connectivity index (χ4v) is 3.99. The normalized spacial score (nSPS) is 30.3. The van der Waals surface area contributed by atoms with Crippen LogP contribution in [0.3, 0.4) is 0 Å². The van der Waals surface area contributed by atoms with E-state index in [0.717, 1.165) is 12.1 Å². The van der Waals surface area contributed by atoms with Crippen molar-refractivity contribution in [1.29, 1.82) is 0 Å². The second kappa shape index (κ2) is 6.97. The van der Waals surface area contributed by atoms with E-state index in [1.165, 1.54) is 51.9 Å². The molecule has 2 atom stereocenters. The van der Waals surface area contributed by atoms with Gasteiger partial charge in [-0.25, -0.2) is 0 Å². The van der Waals surface area contributed by atoms with Crippen LogP contribution in [0, 0.1) is 0 Å². The maximum absolute atomic E-state index is 2.78. The lowest BCUT2D eigenvalue weighted by Gasteiger charge is -2.47. The van der Waals surface area contributed by atoms with Gasteiger partial charge < -0.3 is 0 Å². The molecule has 0 bridgehead atoms. The highest BCUT2D eigenvalue weighted by Crippen LogP contribution is 2.30. The van der Waals surface area contributed by atoms with E-state index in [1.807, 2.05) is 0 Å². The van der Waals surface area contributed by atoms with Crippen LogP contribution in [-0.4, -0.2) is 71.6 Å². The molecule has 1 saturated heterocycles. The van der Waals surface area contributed by atoms with Crippen molar-refractivity contribution in [1.82, 2.24) is 14.7 Å². The summed E-state index contributed by atoms with van der Waals surface area (Å²) in [5.74, 6) is 0. The van der Waals surface area contributed by atoms with Crippen LogP contribution >= 0.6 is 0 Å². The molecule has 21 heavy (non-hydrogen) atoms. The number of nitrogens with zero attached hydrogens (tertiary/aromatic N) is 3. The van der Waals surface area contributed by atoms with Crippen LogP contribution in [0.2, 0.25) is 0 Å². The van der Waals surface area contributed by atoms with E-state index in [1.54, 1.807) is 0 Å². The van der Waals surface area contributed by atoms with Gasteiger partial charge in [0.2, 0.25) is 0 Å². The number of piperazine rings is 1. The first kappa shape index (κ1) is 17.2. The zero-order valence-corrected chi connectivity index (χ0v) is 15.2. The molecule has 0 N–H and O–H groups in total. The fraction of sp³-hybridized carbons (Fsp3) is 1.00. The lowest BCUT2D eigenvalue weighted by atomic mass is 9.87. The molecule has 3 nitrogen and oxygen atoms in total. The van der Waals surface area contributed by atoms with Crippen LogP contribution in [0.25, 0.3) is 0 Å². The highest BCUT2D eigenvalue weighted by Gasteiger charge is 2.33. The smallest absolute Gasteiger partial charge is 0.0124 e. The van der Waals surface area contributed by atoms with Crippen LogP contribution < -0.4 is 0 Å². The monoisotopic (exact) mass is 295 g/mol. The van der Waals surface area contributed by atoms with Crippen molar-refractivity contribution in [2.75, 3.05) is 33.2 Å². The minimum absolute atomic E-state index is 0.295. The van der Waals surface area contributed by atoms with Crippen molar-refractivity contribution in [2.45, 2.75) is 84.0 Å². The van der Waals surface area contributed by atoms with E-state index >= 15 is 0 Å². The van der Waals surface area contributed by atoms with E-state index in [2.05, 4.69) is 56.4 Å². The Morgan fingerprint density at radius 2 is 1.62 bits per heavy atom. The third-order valence-electron chi connectivity index (χ3n) is 5.82. The summed E-state index contributed by atoms with van der Waals surface area (Å²) in [7, 11) is 2.32. The van der Waals surface area contributed by atoms with E-state index < -0.39 is 0 Å². The second-order valence-electron chi connectivity index (χ2n) is 8.42. The van der Waals surface area contributed by atoms with Gasteiger partial charge >= 0.3 is 0 Å². The number of rotatable bonds is 3. The highest BCUT2D eigenvalue weighted by molar-refractivity contribution is 4.90. The lowest BCUT2D eigenvalue weighted by molar-refractivity contribution is 0.0245. The summed E-state index contributed by atoms with van der Waals surface area (Å²) in [5, 5.41) is 0. The van der Waals surface area contributed by atoms with Gasteiger partial charge in [0.1, 0.15) is 0 Å². The van der Waals surface area contributed by atoms with E-state index in [-0.39, 0.29) is 0 Å². The topological polar surface area (TPSA) is 9.72 Å². The molecule has 2 rings (SSSR count). The maximum atomic E-state index is 2.78. The molecule has 1 heterocycles. The van der Waals surface area contributed by atoms with Gasteiger partial charge in [0, 0.05) is 49.8 Å². The summed E-state index contributed by atoms with van der Waals surface area (Å²) >= 11 is 0. The zero-order valence-electron chi connectivity index (χ0n) is 15.2. The summed E-state index contributed by atoms with van der Waals surface area (Å²) in [6.45, 7) is 16.7. The molecule has 1 saturated carbocycles. The molecular formula is C18H37N3. The Balaban J connectivity index is 1.87. The van der Waals surface area contributed by atoms with Gasteiger partial charge in [-0.05, 0) is 60.9 Å². The standard InChI is InChI=1S/C18H37N3/c1-15(2)20-10-12-21(13-11-20)17-9-7-8-16(14-17)19(6)18(3,4)5/h15-17H,7-14H2,1-6H3/t16-,17-/m1/s1. The molecular weight excluding hydrogens is 258 g/mol. The zero-order chi connectivity index (χ0) is 15.6. The first-order valence-electron chi connectivity index (χ1n) is 9.00. The first-order chi connectivity index (χ1) is 9.79. The van der Waals surface area contributed by atoms with Crippen molar-refractivity contribution < 1.29 is 0 Å². The van der Waals surface area contributed by atoms with Gasteiger partial charge in [0.05, 0.1) is 0 Å². The average molecular weight is 296 g/mol. The third-order valence-corrected chi connectivity index (χ3v) is 5.82. The van der Waals surface area contributed by atoms with E-state index in [0.29, 0.717) is 11.6 Å². The summed E-state index contributed by atoms with van der Waals surface area (Å²) in [5.41, 5.74) is 0.295. The molecule has 0 radical (unpaired) electrons. The Labute approximate surface area is 132 Å². The average Bonchev–Trinajstić information content (AvgIpc) is 2.45. The summed E-state index contributed by atoms with van der Waals surface area (Å²) in [4.78, 5) is 8.02. The maximum Gasteiger partial charge on any atom is 0.0124 e. The summed E-state index contributed by atoms with van der Waals surface area (Å²) in [6, 6.07) is 2.30. The second-order valence-corrected chi connectivity index (χ2v) is 8.42. The fourth-order valence-electron chi connectivity index (χ4n) is 3.99. The highest BCUT2D eigenvalue weighted by atomic mass is 15.3. The molecule has 2 fully saturated rings. The Bertz CT molecular complexity index is 313. The van der Waals surface area contributed by atoms with Crippen molar-refractivity contribution in [3.05, 3.63) is 0 Å². The van der Waals surface area contributed by atoms with Crippen LogP contribution in [0.1, 0.15) is 60.3 Å². The predicted octanol–water partition coefficient (Wildman–Crippen LogP) is 3.05. The minimum Gasteiger partial charge on any atom is -0.299 e. The van der Waals surface area contributed by atoms with Crippen molar-refractivity contribution in [3.63, 3.8) is 0 Å². The van der Waals surface area contributed by atoms with Crippen LogP contribution in [0.5, 0.6) is 0 Å². The van der Waals surface area contributed by atoms with Gasteiger partial charge in [-0.3, -0.25) is 14.7 Å². The molecule has 2 aliphatic rings. The quantitative estimate of drug-likeness (QED) is 0.792. The van der Waals surface area contributed by atoms with Crippen LogP contribution in [-0.2, 0) is 0 Å². The number of hydrogen-bond donors (Lipinski definition) is 0. The minimum atomic E-state index is 0.295. The summed E-state index contributed by atoms with van der Waals surface area (Å²) in [6.07, 6.45) is 5.57. The number of hydrogen-bond acceptors (Lipinski definition) is 3. The van der Waals surface area contributed by atoms with Gasteiger partial charge in [-0.1, -0.05) is 6.42 Å². The molecule has 0 amide bonds. The van der Waals surface area contributed by atoms with Gasteiger partial charge in [0.25, 0.3) is 0 Å². The molecule has 0 unspecified atom stereocenters. The van der Waals surface area contributed by atoms with Crippen molar-refractivity contribution in [3.8, 4) is 0 Å². The predicted molar refractivity (Wildman–Crippen MR) is 91.8 cm³/mol. The molecule has 0 aromatic rings. The van der Waals surface area contributed by atoms with Crippen molar-refractivity contribution in [2.24, 2.45) is 0 Å². The van der Waals surface area contributed by atoms with E-state index in [9.17, 15) is 0 Å².